The SMILES string of the molecule is Cc1cc2c3cc(O)cnc3n(P)c2cn1. The van der Waals surface area contributed by atoms with Gasteiger partial charge in [0.05, 0.1) is 17.9 Å². The minimum Gasteiger partial charge on any atom is -0.506 e. The van der Waals surface area contributed by atoms with E-state index in [0.717, 1.165) is 27.6 Å². The fourth-order valence-electron chi connectivity index (χ4n) is 1.91. The highest BCUT2D eigenvalue weighted by Gasteiger charge is 2.10. The van der Waals surface area contributed by atoms with Crippen molar-refractivity contribution in [3.8, 4) is 5.75 Å². The van der Waals surface area contributed by atoms with Crippen molar-refractivity contribution in [1.82, 2.24) is 14.3 Å². The molecule has 16 heavy (non-hydrogen) atoms. The molecule has 0 spiro atoms. The van der Waals surface area contributed by atoms with Crippen LogP contribution in [0, 0.1) is 6.92 Å². The number of aromatic nitrogens is 3. The number of pyridine rings is 2. The van der Waals surface area contributed by atoms with Gasteiger partial charge >= 0.3 is 0 Å². The van der Waals surface area contributed by atoms with Crippen molar-refractivity contribution in [2.75, 3.05) is 0 Å². The first-order valence-corrected chi connectivity index (χ1v) is 5.39. The second kappa shape index (κ2) is 3.16. The molecule has 5 heteroatoms. The zero-order chi connectivity index (χ0) is 11.3. The van der Waals surface area contributed by atoms with Gasteiger partial charge in [-0.05, 0) is 28.4 Å². The van der Waals surface area contributed by atoms with Crippen LogP contribution in [0.25, 0.3) is 21.9 Å². The number of nitrogens with zero attached hydrogens (tertiary/aromatic N) is 3. The van der Waals surface area contributed by atoms with E-state index in [9.17, 15) is 5.11 Å². The third-order valence-corrected chi connectivity index (χ3v) is 3.17. The van der Waals surface area contributed by atoms with Crippen molar-refractivity contribution in [1.29, 1.82) is 0 Å². The van der Waals surface area contributed by atoms with Gasteiger partial charge in [-0.2, -0.15) is 0 Å². The average Bonchev–Trinajstić information content (AvgIpc) is 2.52. The Morgan fingerprint density at radius 2 is 2.00 bits per heavy atom. The highest BCUT2D eigenvalue weighted by molar-refractivity contribution is 7.15. The smallest absolute Gasteiger partial charge is 0.144 e. The second-order valence-electron chi connectivity index (χ2n) is 3.78. The van der Waals surface area contributed by atoms with Crippen LogP contribution in [0.4, 0.5) is 0 Å². The zero-order valence-electron chi connectivity index (χ0n) is 8.68. The first kappa shape index (κ1) is 9.55. The lowest BCUT2D eigenvalue weighted by molar-refractivity contribution is 0.474. The molecule has 0 radical (unpaired) electrons. The lowest BCUT2D eigenvalue weighted by atomic mass is 10.2. The number of rotatable bonds is 0. The minimum absolute atomic E-state index is 0.180. The van der Waals surface area contributed by atoms with Crippen molar-refractivity contribution in [3.63, 3.8) is 0 Å². The molecule has 0 aliphatic carbocycles. The Labute approximate surface area is 94.2 Å². The average molecular weight is 231 g/mol. The minimum atomic E-state index is 0.180. The van der Waals surface area contributed by atoms with E-state index in [1.165, 1.54) is 6.20 Å². The molecular weight excluding hydrogens is 221 g/mol. The molecular formula is C11H10N3OP. The first-order valence-electron chi connectivity index (χ1n) is 4.87. The van der Waals surface area contributed by atoms with Gasteiger partial charge in [0.25, 0.3) is 0 Å². The molecule has 3 rings (SSSR count). The summed E-state index contributed by atoms with van der Waals surface area (Å²) in [7, 11) is 2.61. The summed E-state index contributed by atoms with van der Waals surface area (Å²) in [6, 6.07) is 3.73. The molecule has 0 fully saturated rings. The Hall–Kier alpha value is -1.67. The second-order valence-corrected chi connectivity index (χ2v) is 4.29. The lowest BCUT2D eigenvalue weighted by Gasteiger charge is -1.95. The molecule has 1 atom stereocenters. The van der Waals surface area contributed by atoms with Crippen LogP contribution >= 0.6 is 9.39 Å². The molecule has 1 unspecified atom stereocenters. The van der Waals surface area contributed by atoms with Gasteiger partial charge < -0.3 is 9.44 Å². The summed E-state index contributed by atoms with van der Waals surface area (Å²) in [6.07, 6.45) is 3.26. The molecule has 3 aromatic rings. The third-order valence-electron chi connectivity index (χ3n) is 2.65. The fourth-order valence-corrected chi connectivity index (χ4v) is 2.32. The van der Waals surface area contributed by atoms with Gasteiger partial charge in [0, 0.05) is 16.5 Å². The molecule has 0 bridgehead atoms. The van der Waals surface area contributed by atoms with Crippen molar-refractivity contribution >= 4 is 31.3 Å². The Kier molecular flexibility index (Phi) is 1.88. The van der Waals surface area contributed by atoms with Crippen LogP contribution in [0.3, 0.4) is 0 Å². The van der Waals surface area contributed by atoms with E-state index in [2.05, 4.69) is 19.4 Å². The number of hydrogen-bond acceptors (Lipinski definition) is 3. The molecule has 0 saturated carbocycles. The van der Waals surface area contributed by atoms with Gasteiger partial charge in [-0.25, -0.2) is 4.98 Å². The molecule has 0 amide bonds. The number of aryl methyl sites for hydroxylation is 1. The van der Waals surface area contributed by atoms with Crippen LogP contribution in [0.15, 0.2) is 24.5 Å². The Balaban J connectivity index is 2.60. The molecule has 0 aliphatic rings. The summed E-state index contributed by atoms with van der Waals surface area (Å²) in [5.74, 6) is 0.180. The van der Waals surface area contributed by atoms with Gasteiger partial charge in [0.15, 0.2) is 0 Å². The molecule has 0 saturated heterocycles. The van der Waals surface area contributed by atoms with Crippen molar-refractivity contribution < 1.29 is 5.11 Å². The van der Waals surface area contributed by atoms with E-state index < -0.39 is 0 Å². The van der Waals surface area contributed by atoms with Gasteiger partial charge in [0.1, 0.15) is 11.4 Å². The molecule has 3 aromatic heterocycles. The predicted molar refractivity (Wildman–Crippen MR) is 66.5 cm³/mol. The largest absolute Gasteiger partial charge is 0.506 e. The summed E-state index contributed by atoms with van der Waals surface area (Å²) in [5.41, 5.74) is 2.77. The van der Waals surface area contributed by atoms with Crippen LogP contribution in [-0.4, -0.2) is 19.4 Å². The molecule has 4 nitrogen and oxygen atoms in total. The summed E-state index contributed by atoms with van der Waals surface area (Å²) in [5, 5.41) is 11.5. The molecule has 0 aliphatic heterocycles. The van der Waals surface area contributed by atoms with E-state index in [1.807, 2.05) is 23.5 Å². The zero-order valence-corrected chi connectivity index (χ0v) is 9.83. The van der Waals surface area contributed by atoms with E-state index in [-0.39, 0.29) is 5.75 Å². The van der Waals surface area contributed by atoms with E-state index >= 15 is 0 Å². The Morgan fingerprint density at radius 1 is 1.19 bits per heavy atom. The summed E-state index contributed by atoms with van der Waals surface area (Å²) >= 11 is 0. The topological polar surface area (TPSA) is 50.9 Å². The van der Waals surface area contributed by atoms with Crippen molar-refractivity contribution in [2.24, 2.45) is 0 Å². The Morgan fingerprint density at radius 3 is 2.81 bits per heavy atom. The summed E-state index contributed by atoms with van der Waals surface area (Å²) in [4.78, 5) is 8.47. The van der Waals surface area contributed by atoms with E-state index in [4.69, 9.17) is 0 Å². The van der Waals surface area contributed by atoms with Crippen molar-refractivity contribution in [2.45, 2.75) is 6.92 Å². The van der Waals surface area contributed by atoms with Crippen LogP contribution in [-0.2, 0) is 0 Å². The van der Waals surface area contributed by atoms with Gasteiger partial charge in [-0.3, -0.25) is 4.98 Å². The molecule has 3 heterocycles. The fraction of sp³-hybridized carbons (Fsp3) is 0.0909. The van der Waals surface area contributed by atoms with Crippen LogP contribution in [0.5, 0.6) is 5.75 Å². The van der Waals surface area contributed by atoms with Crippen molar-refractivity contribution in [3.05, 3.63) is 30.2 Å². The van der Waals surface area contributed by atoms with Gasteiger partial charge in [0.2, 0.25) is 0 Å². The molecule has 1 N–H and O–H groups in total. The Bertz CT molecular complexity index is 646. The van der Waals surface area contributed by atoms with Gasteiger partial charge in [-0.15, -0.1) is 0 Å². The predicted octanol–water partition coefficient (Wildman–Crippen LogP) is 2.24. The highest BCUT2D eigenvalue weighted by atomic mass is 31.0. The maximum atomic E-state index is 9.47. The standard InChI is InChI=1S/C11H10N3OP/c1-6-2-8-9-3-7(15)4-13-11(9)14(16)10(8)5-12-6/h2-5,15H,16H2,1H3. The normalized spacial score (nSPS) is 11.4. The maximum absolute atomic E-state index is 9.47. The lowest BCUT2D eigenvalue weighted by Crippen LogP contribution is -1.83. The molecule has 80 valence electrons. The van der Waals surface area contributed by atoms with E-state index in [1.54, 1.807) is 6.07 Å². The quantitative estimate of drug-likeness (QED) is 0.603. The number of aromatic hydroxyl groups is 1. The first-order chi connectivity index (χ1) is 7.66. The number of hydrogen-bond donors (Lipinski definition) is 1. The van der Waals surface area contributed by atoms with E-state index in [0.29, 0.717) is 0 Å². The maximum Gasteiger partial charge on any atom is 0.144 e. The van der Waals surface area contributed by atoms with Crippen LogP contribution < -0.4 is 0 Å². The van der Waals surface area contributed by atoms with Crippen LogP contribution in [0.1, 0.15) is 5.69 Å². The summed E-state index contributed by atoms with van der Waals surface area (Å²) in [6.45, 7) is 1.95. The third kappa shape index (κ3) is 1.20. The summed E-state index contributed by atoms with van der Waals surface area (Å²) < 4.78 is 1.90. The van der Waals surface area contributed by atoms with Gasteiger partial charge in [-0.1, -0.05) is 0 Å². The number of fused-ring (bicyclic) bond motifs is 3. The highest BCUT2D eigenvalue weighted by Crippen LogP contribution is 2.30. The van der Waals surface area contributed by atoms with Crippen LogP contribution in [0.2, 0.25) is 0 Å². The monoisotopic (exact) mass is 231 g/mol. The molecule has 0 aromatic carbocycles.